The Kier molecular flexibility index (Phi) is 3.40. The summed E-state index contributed by atoms with van der Waals surface area (Å²) >= 11 is 0. The van der Waals surface area contributed by atoms with Crippen LogP contribution in [0.2, 0.25) is 0 Å². The van der Waals surface area contributed by atoms with Crippen LogP contribution in [0.5, 0.6) is 0 Å². The molecule has 0 spiro atoms. The molecule has 0 aliphatic heterocycles. The Bertz CT molecular complexity index is 348. The summed E-state index contributed by atoms with van der Waals surface area (Å²) in [6, 6.07) is 0. The van der Waals surface area contributed by atoms with Gasteiger partial charge in [-0.1, -0.05) is 0 Å². The minimum Gasteiger partial charge on any atom is -0.481 e. The van der Waals surface area contributed by atoms with Crippen molar-refractivity contribution >= 4 is 15.8 Å². The van der Waals surface area contributed by atoms with Crippen molar-refractivity contribution < 1.29 is 23.1 Å². The highest BCUT2D eigenvalue weighted by Crippen LogP contribution is 2.41. The first kappa shape index (κ1) is 12.4. The molecule has 88 valence electrons. The van der Waals surface area contributed by atoms with Crippen molar-refractivity contribution in [2.24, 2.45) is 5.41 Å². The van der Waals surface area contributed by atoms with Crippen LogP contribution in [0.3, 0.4) is 0 Å². The van der Waals surface area contributed by atoms with Crippen LogP contribution in [0.4, 0.5) is 0 Å². The van der Waals surface area contributed by atoms with E-state index >= 15 is 0 Å². The number of methoxy groups -OCH3 is 1. The molecule has 0 aromatic carbocycles. The molecule has 1 aliphatic rings. The van der Waals surface area contributed by atoms with E-state index in [-0.39, 0.29) is 13.0 Å². The zero-order valence-corrected chi connectivity index (χ0v) is 9.71. The topological polar surface area (TPSA) is 80.7 Å². The predicted octanol–water partition coefficient (Wildman–Crippen LogP) is 0.301. The minimum atomic E-state index is -3.14. The summed E-state index contributed by atoms with van der Waals surface area (Å²) in [6.45, 7) is 0.0777. The number of rotatable bonds is 4. The largest absolute Gasteiger partial charge is 0.481 e. The summed E-state index contributed by atoms with van der Waals surface area (Å²) in [7, 11) is -1.72. The summed E-state index contributed by atoms with van der Waals surface area (Å²) in [4.78, 5) is 11.1. The van der Waals surface area contributed by atoms with Crippen molar-refractivity contribution in [3.8, 4) is 0 Å². The summed E-state index contributed by atoms with van der Waals surface area (Å²) in [5.41, 5.74) is -1.01. The van der Waals surface area contributed by atoms with Gasteiger partial charge < -0.3 is 9.84 Å². The number of carboxylic acids is 1. The van der Waals surface area contributed by atoms with E-state index in [1.807, 2.05) is 0 Å². The molecule has 1 N–H and O–H groups in total. The molecule has 6 heteroatoms. The van der Waals surface area contributed by atoms with Gasteiger partial charge in [0.25, 0.3) is 0 Å². The van der Waals surface area contributed by atoms with Crippen molar-refractivity contribution in [1.29, 1.82) is 0 Å². The average Bonchev–Trinajstić information content (AvgIpc) is 2.49. The van der Waals surface area contributed by atoms with Gasteiger partial charge in [0.05, 0.1) is 17.3 Å². The molecule has 0 saturated heterocycles. The molecule has 15 heavy (non-hydrogen) atoms. The van der Waals surface area contributed by atoms with Crippen molar-refractivity contribution in [2.45, 2.75) is 24.5 Å². The number of carboxylic acid groups (broad SMARTS) is 1. The van der Waals surface area contributed by atoms with Crippen LogP contribution in [0.15, 0.2) is 0 Å². The van der Waals surface area contributed by atoms with Gasteiger partial charge in [0.2, 0.25) is 0 Å². The first-order valence-electron chi connectivity index (χ1n) is 4.73. The van der Waals surface area contributed by atoms with E-state index in [0.717, 1.165) is 6.26 Å². The van der Waals surface area contributed by atoms with Crippen molar-refractivity contribution in [3.63, 3.8) is 0 Å². The molecule has 2 atom stereocenters. The second-order valence-electron chi connectivity index (χ2n) is 4.21. The van der Waals surface area contributed by atoms with Crippen molar-refractivity contribution in [2.75, 3.05) is 20.0 Å². The minimum absolute atomic E-state index is 0.0777. The Hall–Kier alpha value is -0.620. The Balaban J connectivity index is 2.86. The van der Waals surface area contributed by atoms with Crippen LogP contribution < -0.4 is 0 Å². The fourth-order valence-corrected chi connectivity index (χ4v) is 3.27. The van der Waals surface area contributed by atoms with Gasteiger partial charge in [0.15, 0.2) is 0 Å². The van der Waals surface area contributed by atoms with Crippen LogP contribution >= 0.6 is 0 Å². The van der Waals surface area contributed by atoms with Crippen molar-refractivity contribution in [3.05, 3.63) is 0 Å². The number of ether oxygens (including phenoxy) is 1. The van der Waals surface area contributed by atoms with Gasteiger partial charge in [-0.15, -0.1) is 0 Å². The van der Waals surface area contributed by atoms with E-state index in [1.165, 1.54) is 7.11 Å². The number of aliphatic carboxylic acids is 1. The summed E-state index contributed by atoms with van der Waals surface area (Å²) in [6.07, 6.45) is 2.10. The fraction of sp³-hybridized carbons (Fsp3) is 0.889. The smallest absolute Gasteiger partial charge is 0.312 e. The molecule has 0 heterocycles. The van der Waals surface area contributed by atoms with Gasteiger partial charge in [-0.3, -0.25) is 4.79 Å². The Morgan fingerprint density at radius 2 is 2.20 bits per heavy atom. The molecule has 0 bridgehead atoms. The lowest BCUT2D eigenvalue weighted by atomic mass is 9.87. The summed E-state index contributed by atoms with van der Waals surface area (Å²) in [5, 5.41) is 8.57. The maximum Gasteiger partial charge on any atom is 0.312 e. The van der Waals surface area contributed by atoms with Gasteiger partial charge in [-0.2, -0.15) is 0 Å². The maximum absolute atomic E-state index is 11.3. The van der Waals surface area contributed by atoms with Gasteiger partial charge in [-0.05, 0) is 19.3 Å². The van der Waals surface area contributed by atoms with E-state index in [4.69, 9.17) is 9.84 Å². The first-order chi connectivity index (χ1) is 6.82. The second-order valence-corrected chi connectivity index (χ2v) is 6.54. The standard InChI is InChI=1S/C9H16O5S/c1-14-6-9(8(10)11)4-3-7(5-9)15(2,12)13/h7H,3-6H2,1-2H3,(H,10,11)/t7-,9+/m0/s1. The SMILES string of the molecule is COC[C@@]1(C(=O)O)CC[C@H](S(C)(=O)=O)C1. The third-order valence-corrected chi connectivity index (χ3v) is 4.66. The van der Waals surface area contributed by atoms with E-state index in [9.17, 15) is 13.2 Å². The molecule has 1 fully saturated rings. The molecule has 1 rings (SSSR count). The van der Waals surface area contributed by atoms with Crippen molar-refractivity contribution in [1.82, 2.24) is 0 Å². The lowest BCUT2D eigenvalue weighted by Crippen LogP contribution is -2.34. The number of sulfone groups is 1. The highest BCUT2D eigenvalue weighted by Gasteiger charge is 2.48. The van der Waals surface area contributed by atoms with Gasteiger partial charge in [0, 0.05) is 13.4 Å². The summed E-state index contributed by atoms with van der Waals surface area (Å²) in [5.74, 6) is -0.962. The molecular formula is C9H16O5S. The third kappa shape index (κ3) is 2.49. The van der Waals surface area contributed by atoms with Crippen LogP contribution in [0.25, 0.3) is 0 Å². The molecule has 0 aromatic heterocycles. The highest BCUT2D eigenvalue weighted by atomic mass is 32.2. The Labute approximate surface area is 89.3 Å². The second kappa shape index (κ2) is 4.09. The molecule has 0 radical (unpaired) electrons. The van der Waals surface area contributed by atoms with E-state index in [0.29, 0.717) is 12.8 Å². The van der Waals surface area contributed by atoms with Crippen LogP contribution in [0.1, 0.15) is 19.3 Å². The lowest BCUT2D eigenvalue weighted by molar-refractivity contribution is -0.151. The molecule has 1 aliphatic carbocycles. The Morgan fingerprint density at radius 1 is 1.60 bits per heavy atom. The maximum atomic E-state index is 11.3. The number of hydrogen-bond donors (Lipinski definition) is 1. The molecule has 1 saturated carbocycles. The Morgan fingerprint density at radius 3 is 2.53 bits per heavy atom. The quantitative estimate of drug-likeness (QED) is 0.759. The van der Waals surface area contributed by atoms with Crippen LogP contribution in [-0.4, -0.2) is 44.7 Å². The summed E-state index contributed by atoms with van der Waals surface area (Å²) < 4.78 is 27.5. The third-order valence-electron chi connectivity index (χ3n) is 3.04. The molecule has 0 amide bonds. The van der Waals surface area contributed by atoms with Crippen LogP contribution in [0, 0.1) is 5.41 Å². The normalized spacial score (nSPS) is 31.7. The van der Waals surface area contributed by atoms with Gasteiger partial charge in [-0.25, -0.2) is 8.42 Å². The predicted molar refractivity (Wildman–Crippen MR) is 54.4 cm³/mol. The first-order valence-corrected chi connectivity index (χ1v) is 6.68. The van der Waals surface area contributed by atoms with Gasteiger partial charge in [0.1, 0.15) is 9.84 Å². The van der Waals surface area contributed by atoms with E-state index in [2.05, 4.69) is 0 Å². The monoisotopic (exact) mass is 236 g/mol. The van der Waals surface area contributed by atoms with E-state index < -0.39 is 26.5 Å². The average molecular weight is 236 g/mol. The van der Waals surface area contributed by atoms with Crippen LogP contribution in [-0.2, 0) is 19.4 Å². The number of hydrogen-bond acceptors (Lipinski definition) is 4. The number of carbonyl (C=O) groups is 1. The molecular weight excluding hydrogens is 220 g/mol. The molecule has 0 unspecified atom stereocenters. The lowest BCUT2D eigenvalue weighted by Gasteiger charge is -2.22. The highest BCUT2D eigenvalue weighted by molar-refractivity contribution is 7.91. The van der Waals surface area contributed by atoms with Gasteiger partial charge >= 0.3 is 5.97 Å². The molecule has 5 nitrogen and oxygen atoms in total. The fourth-order valence-electron chi connectivity index (χ4n) is 2.11. The zero-order valence-electron chi connectivity index (χ0n) is 8.89. The zero-order chi connectivity index (χ0) is 11.7. The molecule has 0 aromatic rings. The van der Waals surface area contributed by atoms with E-state index in [1.54, 1.807) is 0 Å².